The molecule has 0 amide bonds. The van der Waals surface area contributed by atoms with Gasteiger partial charge in [-0.05, 0) is 20.8 Å². The lowest BCUT2D eigenvalue weighted by atomic mass is 10.3. The highest BCUT2D eigenvalue weighted by Gasteiger charge is 2.32. The number of morpholine rings is 1. The summed E-state index contributed by atoms with van der Waals surface area (Å²) in [6.07, 6.45) is 1.81. The lowest BCUT2D eigenvalue weighted by Crippen LogP contribution is -2.49. The van der Waals surface area contributed by atoms with Crippen molar-refractivity contribution < 1.29 is 8.95 Å². The largest absolute Gasteiger partial charge is 0.378 e. The molecule has 1 aliphatic rings. The monoisotopic (exact) mass is 217 g/mol. The van der Waals surface area contributed by atoms with Crippen molar-refractivity contribution in [3.05, 3.63) is 12.7 Å². The Bertz CT molecular complexity index is 235. The molecule has 1 fully saturated rings. The molecule has 3 nitrogen and oxygen atoms in total. The Morgan fingerprint density at radius 3 is 2.71 bits per heavy atom. The molecule has 0 unspecified atom stereocenters. The second-order valence-corrected chi connectivity index (χ2v) is 6.57. The molecule has 0 aromatic carbocycles. The maximum absolute atomic E-state index is 12.1. The van der Waals surface area contributed by atoms with Gasteiger partial charge in [0.15, 0.2) is 0 Å². The Morgan fingerprint density at radius 2 is 2.21 bits per heavy atom. The topological polar surface area (TPSA) is 29.5 Å². The van der Waals surface area contributed by atoms with Crippen LogP contribution in [0.2, 0.25) is 0 Å². The molecule has 1 rings (SSSR count). The highest BCUT2D eigenvalue weighted by molar-refractivity contribution is 7.84. The van der Waals surface area contributed by atoms with Gasteiger partial charge < -0.3 is 4.74 Å². The summed E-state index contributed by atoms with van der Waals surface area (Å²) in [5.41, 5.74) is 0. The van der Waals surface area contributed by atoms with Crippen LogP contribution in [0.5, 0.6) is 0 Å². The van der Waals surface area contributed by atoms with Gasteiger partial charge in [0.1, 0.15) is 11.0 Å². The molecule has 0 aromatic rings. The lowest BCUT2D eigenvalue weighted by molar-refractivity contribution is 0.0505. The van der Waals surface area contributed by atoms with Gasteiger partial charge in [0.05, 0.1) is 24.0 Å². The van der Waals surface area contributed by atoms with E-state index in [2.05, 4.69) is 6.58 Å². The van der Waals surface area contributed by atoms with Crippen LogP contribution in [0.1, 0.15) is 20.8 Å². The highest BCUT2D eigenvalue weighted by Crippen LogP contribution is 2.20. The van der Waals surface area contributed by atoms with E-state index in [0.29, 0.717) is 13.2 Å². The number of hydrogen-bond donors (Lipinski definition) is 0. The summed E-state index contributed by atoms with van der Waals surface area (Å²) in [4.78, 5) is 0. The molecule has 0 saturated carbocycles. The normalized spacial score (nSPS) is 27.2. The van der Waals surface area contributed by atoms with Crippen molar-refractivity contribution in [3.63, 3.8) is 0 Å². The van der Waals surface area contributed by atoms with Crippen molar-refractivity contribution in [1.82, 2.24) is 4.31 Å². The Kier molecular flexibility index (Phi) is 3.86. The van der Waals surface area contributed by atoms with Crippen LogP contribution < -0.4 is 0 Å². The van der Waals surface area contributed by atoms with E-state index < -0.39 is 11.0 Å². The molecule has 2 atom stereocenters. The molecule has 0 aliphatic carbocycles. The van der Waals surface area contributed by atoms with Crippen LogP contribution in [0, 0.1) is 0 Å². The van der Waals surface area contributed by atoms with Gasteiger partial charge in [0.2, 0.25) is 0 Å². The molecular weight excluding hydrogens is 198 g/mol. The van der Waals surface area contributed by atoms with Crippen LogP contribution in [0.25, 0.3) is 0 Å². The Balaban J connectivity index is 2.73. The van der Waals surface area contributed by atoms with Crippen molar-refractivity contribution >= 4 is 11.0 Å². The van der Waals surface area contributed by atoms with E-state index >= 15 is 0 Å². The summed E-state index contributed by atoms with van der Waals surface area (Å²) >= 11 is 0. The van der Waals surface area contributed by atoms with Gasteiger partial charge in [-0.15, -0.1) is 6.58 Å². The maximum atomic E-state index is 12.1. The highest BCUT2D eigenvalue weighted by atomic mass is 32.2. The Morgan fingerprint density at radius 1 is 1.57 bits per heavy atom. The van der Waals surface area contributed by atoms with Crippen LogP contribution in [0.3, 0.4) is 0 Å². The predicted molar refractivity (Wildman–Crippen MR) is 59.4 cm³/mol. The van der Waals surface area contributed by atoms with E-state index in [9.17, 15) is 4.21 Å². The van der Waals surface area contributed by atoms with Crippen molar-refractivity contribution in [2.45, 2.75) is 31.6 Å². The van der Waals surface area contributed by atoms with Gasteiger partial charge in [0.25, 0.3) is 0 Å². The zero-order chi connectivity index (χ0) is 10.8. The van der Waals surface area contributed by atoms with E-state index in [4.69, 9.17) is 4.74 Å². The van der Waals surface area contributed by atoms with E-state index in [1.807, 2.05) is 31.2 Å². The third-order valence-corrected chi connectivity index (χ3v) is 4.05. The van der Waals surface area contributed by atoms with Crippen molar-refractivity contribution in [1.29, 1.82) is 0 Å². The van der Waals surface area contributed by atoms with Gasteiger partial charge in [0, 0.05) is 6.54 Å². The molecule has 82 valence electrons. The minimum atomic E-state index is -0.972. The van der Waals surface area contributed by atoms with Crippen LogP contribution in [-0.2, 0) is 15.7 Å². The number of rotatable bonds is 2. The molecule has 0 N–H and O–H groups in total. The number of ether oxygens (including phenoxy) is 1. The summed E-state index contributed by atoms with van der Waals surface area (Å²) in [5.74, 6) is 0. The first-order chi connectivity index (χ1) is 6.46. The summed E-state index contributed by atoms with van der Waals surface area (Å²) in [5, 5.41) is 0. The van der Waals surface area contributed by atoms with Gasteiger partial charge in [-0.2, -0.15) is 0 Å². The minimum absolute atomic E-state index is 0.0869. The van der Waals surface area contributed by atoms with Gasteiger partial charge in [-0.3, -0.25) is 0 Å². The van der Waals surface area contributed by atoms with Gasteiger partial charge >= 0.3 is 0 Å². The molecule has 0 bridgehead atoms. The van der Waals surface area contributed by atoms with Crippen LogP contribution in [0.4, 0.5) is 0 Å². The van der Waals surface area contributed by atoms with E-state index in [1.165, 1.54) is 0 Å². The summed E-state index contributed by atoms with van der Waals surface area (Å²) in [6.45, 7) is 11.7. The van der Waals surface area contributed by atoms with E-state index in [-0.39, 0.29) is 10.8 Å². The second kappa shape index (κ2) is 4.55. The molecule has 4 heteroatoms. The van der Waals surface area contributed by atoms with Crippen LogP contribution in [0.15, 0.2) is 12.7 Å². The fraction of sp³-hybridized carbons (Fsp3) is 0.800. The van der Waals surface area contributed by atoms with Gasteiger partial charge in [-0.1, -0.05) is 6.08 Å². The smallest absolute Gasteiger partial charge is 0.100 e. The van der Waals surface area contributed by atoms with Gasteiger partial charge in [-0.25, -0.2) is 8.51 Å². The van der Waals surface area contributed by atoms with Crippen molar-refractivity contribution in [2.24, 2.45) is 0 Å². The Labute approximate surface area is 88.7 Å². The van der Waals surface area contributed by atoms with Crippen molar-refractivity contribution in [3.8, 4) is 0 Å². The standard InChI is InChI=1S/C10H19NO2S/c1-5-9-8-13-7-6-11(9)14(12)10(2,3)4/h5,9H,1,6-8H2,2-4H3/t9-,14-/m1/s1. The average Bonchev–Trinajstić information content (AvgIpc) is 2.15. The first-order valence-corrected chi connectivity index (χ1v) is 5.96. The minimum Gasteiger partial charge on any atom is -0.378 e. The molecule has 1 saturated heterocycles. The van der Waals surface area contributed by atoms with Crippen molar-refractivity contribution in [2.75, 3.05) is 19.8 Å². The molecule has 1 aliphatic heterocycles. The lowest BCUT2D eigenvalue weighted by Gasteiger charge is -2.36. The van der Waals surface area contributed by atoms with E-state index in [0.717, 1.165) is 6.54 Å². The SMILES string of the molecule is C=C[C@@H]1COCCN1[S@](=O)C(C)(C)C. The first kappa shape index (κ1) is 11.9. The second-order valence-electron chi connectivity index (χ2n) is 4.38. The summed E-state index contributed by atoms with van der Waals surface area (Å²) in [6, 6.07) is 0.0869. The quantitative estimate of drug-likeness (QED) is 0.653. The summed E-state index contributed by atoms with van der Waals surface area (Å²) < 4.78 is 19.2. The number of nitrogens with zero attached hydrogens (tertiary/aromatic N) is 1. The fourth-order valence-electron chi connectivity index (χ4n) is 1.35. The molecular formula is C10H19NO2S. The maximum Gasteiger partial charge on any atom is 0.100 e. The molecule has 1 heterocycles. The molecule has 0 spiro atoms. The predicted octanol–water partition coefficient (Wildman–Crippen LogP) is 1.34. The zero-order valence-corrected chi connectivity index (χ0v) is 9.97. The summed E-state index contributed by atoms with van der Waals surface area (Å²) in [7, 11) is -0.972. The first-order valence-electron chi connectivity index (χ1n) is 4.85. The average molecular weight is 217 g/mol. The number of hydrogen-bond acceptors (Lipinski definition) is 2. The molecule has 0 aromatic heterocycles. The van der Waals surface area contributed by atoms with Crippen LogP contribution in [-0.4, -0.2) is 39.1 Å². The van der Waals surface area contributed by atoms with E-state index in [1.54, 1.807) is 0 Å². The van der Waals surface area contributed by atoms with Crippen LogP contribution >= 0.6 is 0 Å². The molecule has 0 radical (unpaired) electrons. The third-order valence-electron chi connectivity index (χ3n) is 2.12. The Hall–Kier alpha value is -0.190. The zero-order valence-electron chi connectivity index (χ0n) is 9.16. The fourth-order valence-corrected chi connectivity index (χ4v) is 2.69. The molecule has 14 heavy (non-hydrogen) atoms. The third kappa shape index (κ3) is 2.65.